The Kier molecular flexibility index (Phi) is 5.36. The smallest absolute Gasteiger partial charge is 0.318 e. The molecular formula is C14H9F4O12S3-. The third-order valence-corrected chi connectivity index (χ3v) is 8.24. The molecule has 0 aliphatic carbocycles. The summed E-state index contributed by atoms with van der Waals surface area (Å²) in [7, 11) is -14.9. The number of hydrogen-bond donors (Lipinski definition) is 0. The van der Waals surface area contributed by atoms with E-state index in [1.54, 1.807) is 0 Å². The number of carbonyl (C=O) groups excluding carboxylic acids is 1. The van der Waals surface area contributed by atoms with Crippen molar-refractivity contribution in [1.29, 1.82) is 0 Å². The van der Waals surface area contributed by atoms with Crippen LogP contribution in [0.25, 0.3) is 0 Å². The number of carbonyl (C=O) groups is 1. The highest BCUT2D eigenvalue weighted by atomic mass is 32.2. The highest BCUT2D eigenvalue weighted by Crippen LogP contribution is 2.52. The molecule has 19 heteroatoms. The summed E-state index contributed by atoms with van der Waals surface area (Å²) in [5.74, 6) is -16.5. The minimum Gasteiger partial charge on any atom is -0.744 e. The van der Waals surface area contributed by atoms with Gasteiger partial charge in [-0.25, -0.2) is 17.2 Å². The van der Waals surface area contributed by atoms with Crippen LogP contribution < -0.4 is 4.74 Å². The molecule has 3 aliphatic heterocycles. The summed E-state index contributed by atoms with van der Waals surface area (Å²) >= 11 is 0. The Labute approximate surface area is 182 Å². The number of benzene rings is 1. The highest BCUT2D eigenvalue weighted by molar-refractivity contribution is 7.87. The predicted molar refractivity (Wildman–Crippen MR) is 89.3 cm³/mol. The lowest BCUT2D eigenvalue weighted by Crippen LogP contribution is -2.50. The van der Waals surface area contributed by atoms with Crippen LogP contribution in [0.5, 0.6) is 5.75 Å². The number of hydrogen-bond acceptors (Lipinski definition) is 12. The normalized spacial score (nSPS) is 32.3. The molecule has 6 atom stereocenters. The minimum atomic E-state index is -6.03. The second kappa shape index (κ2) is 7.30. The highest BCUT2D eigenvalue weighted by Gasteiger charge is 2.73. The van der Waals surface area contributed by atoms with Crippen LogP contribution in [-0.2, 0) is 48.3 Å². The summed E-state index contributed by atoms with van der Waals surface area (Å²) in [6.07, 6.45) is -5.72. The van der Waals surface area contributed by atoms with E-state index >= 15 is 0 Å². The lowest BCUT2D eigenvalue weighted by Gasteiger charge is -2.26. The fourth-order valence-corrected chi connectivity index (χ4v) is 7.05. The van der Waals surface area contributed by atoms with Crippen LogP contribution in [0.3, 0.4) is 0 Å². The van der Waals surface area contributed by atoms with Gasteiger partial charge in [-0.05, 0) is 0 Å². The molecule has 0 radical (unpaired) electrons. The summed E-state index contributed by atoms with van der Waals surface area (Å²) in [5, 5.41) is -1.85. The molecule has 1 aromatic rings. The van der Waals surface area contributed by atoms with E-state index in [-0.39, 0.29) is 0 Å². The summed E-state index contributed by atoms with van der Waals surface area (Å²) in [5.41, 5.74) is 0. The zero-order valence-electron chi connectivity index (χ0n) is 15.6. The van der Waals surface area contributed by atoms with Gasteiger partial charge in [0, 0.05) is 0 Å². The lowest BCUT2D eigenvalue weighted by molar-refractivity contribution is -0.142. The molecule has 0 aromatic heterocycles. The zero-order valence-corrected chi connectivity index (χ0v) is 18.0. The van der Waals surface area contributed by atoms with Gasteiger partial charge >= 0.3 is 5.97 Å². The van der Waals surface area contributed by atoms with Gasteiger partial charge in [-0.1, -0.05) is 0 Å². The van der Waals surface area contributed by atoms with Gasteiger partial charge in [0.1, 0.15) is 50.6 Å². The summed E-state index contributed by atoms with van der Waals surface area (Å²) < 4.78 is 155. The molecule has 6 unspecified atom stereocenters. The lowest BCUT2D eigenvalue weighted by atomic mass is 9.85. The molecule has 1 aromatic carbocycles. The van der Waals surface area contributed by atoms with Crippen LogP contribution in [-0.4, -0.2) is 71.7 Å². The van der Waals surface area contributed by atoms with Crippen LogP contribution in [0.1, 0.15) is 0 Å². The van der Waals surface area contributed by atoms with Crippen molar-refractivity contribution >= 4 is 36.3 Å². The molecule has 0 N–H and O–H groups in total. The van der Waals surface area contributed by atoms with Crippen LogP contribution >= 0.6 is 0 Å². The first kappa shape index (κ1) is 24.2. The number of rotatable bonds is 5. The van der Waals surface area contributed by atoms with E-state index in [1.165, 1.54) is 0 Å². The van der Waals surface area contributed by atoms with Crippen LogP contribution in [0, 0.1) is 29.2 Å². The van der Waals surface area contributed by atoms with Gasteiger partial charge in [-0.2, -0.15) is 25.6 Å². The van der Waals surface area contributed by atoms with E-state index in [0.717, 1.165) is 0 Å². The maximum Gasteiger partial charge on any atom is 0.318 e. The monoisotopic (exact) mass is 541 g/mol. The second-order valence-electron chi connectivity index (χ2n) is 7.16. The molecule has 3 saturated heterocycles. The molecule has 33 heavy (non-hydrogen) atoms. The molecule has 3 aliphatic rings. The van der Waals surface area contributed by atoms with Crippen molar-refractivity contribution < 1.29 is 70.0 Å². The van der Waals surface area contributed by atoms with Crippen molar-refractivity contribution in [3.63, 3.8) is 0 Å². The Morgan fingerprint density at radius 2 is 1.52 bits per heavy atom. The Morgan fingerprint density at radius 1 is 0.970 bits per heavy atom. The number of esters is 1. The Morgan fingerprint density at radius 3 is 2.00 bits per heavy atom. The van der Waals surface area contributed by atoms with Crippen molar-refractivity contribution in [3.05, 3.63) is 23.3 Å². The van der Waals surface area contributed by atoms with Gasteiger partial charge < -0.3 is 14.0 Å². The van der Waals surface area contributed by atoms with Crippen molar-refractivity contribution in [1.82, 2.24) is 0 Å². The van der Waals surface area contributed by atoms with E-state index in [1.807, 2.05) is 0 Å². The van der Waals surface area contributed by atoms with Gasteiger partial charge in [0.15, 0.2) is 11.6 Å². The quantitative estimate of drug-likeness (QED) is 0.110. The van der Waals surface area contributed by atoms with E-state index in [0.29, 0.717) is 6.26 Å². The second-order valence-corrected chi connectivity index (χ2v) is 11.8. The van der Waals surface area contributed by atoms with E-state index < -0.39 is 106 Å². The van der Waals surface area contributed by atoms with E-state index in [4.69, 9.17) is 13.1 Å². The first-order valence-corrected chi connectivity index (χ1v) is 13.1. The number of ether oxygens (including phenoxy) is 2. The molecule has 0 amide bonds. The van der Waals surface area contributed by atoms with Gasteiger partial charge in [0.25, 0.3) is 20.2 Å². The van der Waals surface area contributed by atoms with E-state index in [9.17, 15) is 52.2 Å². The molecule has 3 heterocycles. The summed E-state index contributed by atoms with van der Waals surface area (Å²) in [4.78, 5) is 10.1. The molecule has 2 bridgehead atoms. The zero-order chi connectivity index (χ0) is 24.8. The number of halogens is 4. The minimum absolute atomic E-state index is 0.592. The first-order valence-electron chi connectivity index (χ1n) is 8.45. The van der Waals surface area contributed by atoms with Crippen molar-refractivity contribution in [3.8, 4) is 5.75 Å². The van der Waals surface area contributed by atoms with Crippen LogP contribution in [0.2, 0.25) is 0 Å². The molecule has 0 spiro atoms. The number of fused-ring (bicyclic) bond motifs is 1. The Balaban J connectivity index is 1.74. The Hall–Kier alpha value is -1.90. The molecule has 184 valence electrons. The molecule has 4 rings (SSSR count). The standard InChI is InChI=1S/C14H10F4O12S3/c1-31(20,21)29-9-7-2(12-11(27-7)10(9)30-33(12,25)26)14(19)28-8-3(15)5(17)13(32(22,23)24)6(18)4(8)16/h2,7,9-12H,1H3,(H,22,23,24)/p-1. The average Bonchev–Trinajstić information content (AvgIpc) is 3.24. The molecule has 3 fully saturated rings. The van der Waals surface area contributed by atoms with Gasteiger partial charge in [0.05, 0.1) is 6.26 Å². The van der Waals surface area contributed by atoms with Gasteiger partial charge in [-0.3, -0.25) is 13.2 Å². The van der Waals surface area contributed by atoms with Crippen molar-refractivity contribution in [2.24, 2.45) is 5.92 Å². The summed E-state index contributed by atoms with van der Waals surface area (Å²) in [6.45, 7) is 0. The average molecular weight is 541 g/mol. The largest absolute Gasteiger partial charge is 0.744 e. The maximum absolute atomic E-state index is 14.2. The topological polar surface area (TPSA) is 179 Å². The van der Waals surface area contributed by atoms with Crippen molar-refractivity contribution in [2.45, 2.75) is 34.6 Å². The van der Waals surface area contributed by atoms with Crippen LogP contribution in [0.4, 0.5) is 17.6 Å². The first-order chi connectivity index (χ1) is 15.0. The van der Waals surface area contributed by atoms with Gasteiger partial charge in [-0.15, -0.1) is 0 Å². The summed E-state index contributed by atoms with van der Waals surface area (Å²) in [6, 6.07) is 0. The van der Waals surface area contributed by atoms with E-state index in [2.05, 4.69) is 4.74 Å². The van der Waals surface area contributed by atoms with Crippen LogP contribution in [0.15, 0.2) is 4.90 Å². The SMILES string of the molecule is CS(=O)(=O)OC1C2OS(=O)(=O)C3C2OC1C3C(=O)Oc1c(F)c(F)c(S(=O)(=O)[O-])c(F)c1F. The fraction of sp³-hybridized carbons (Fsp3) is 0.500. The predicted octanol–water partition coefficient (Wildman–Crippen LogP) is -1.11. The molecule has 0 saturated carbocycles. The van der Waals surface area contributed by atoms with Crippen molar-refractivity contribution in [2.75, 3.05) is 6.26 Å². The molecular weight excluding hydrogens is 532 g/mol. The molecule has 12 nitrogen and oxygen atoms in total. The third kappa shape index (κ3) is 3.70. The van der Waals surface area contributed by atoms with Gasteiger partial charge in [0.2, 0.25) is 17.4 Å². The third-order valence-electron chi connectivity index (χ3n) is 5.09. The maximum atomic E-state index is 14.2. The fourth-order valence-electron chi connectivity index (χ4n) is 3.98. The Bertz CT molecular complexity index is 1360.